The van der Waals surface area contributed by atoms with E-state index in [2.05, 4.69) is 31.3 Å². The summed E-state index contributed by atoms with van der Waals surface area (Å²) < 4.78 is 5.22. The van der Waals surface area contributed by atoms with Crippen LogP contribution in [0.2, 0.25) is 0 Å². The minimum absolute atomic E-state index is 0.0506. The van der Waals surface area contributed by atoms with E-state index in [1.165, 1.54) is 11.1 Å². The first-order valence-corrected chi connectivity index (χ1v) is 5.76. The van der Waals surface area contributed by atoms with Gasteiger partial charge in [0.2, 0.25) is 0 Å². The van der Waals surface area contributed by atoms with Crippen molar-refractivity contribution in [1.29, 1.82) is 0 Å². The molecule has 16 heavy (non-hydrogen) atoms. The number of aliphatic hydroxyl groups is 1. The number of ether oxygens (including phenoxy) is 1. The van der Waals surface area contributed by atoms with E-state index in [9.17, 15) is 5.11 Å². The van der Waals surface area contributed by atoms with Gasteiger partial charge in [0, 0.05) is 6.04 Å². The molecule has 0 radical (unpaired) electrons. The summed E-state index contributed by atoms with van der Waals surface area (Å²) in [5.41, 5.74) is 2.55. The number of aliphatic hydroxyl groups excluding tert-OH is 1. The maximum absolute atomic E-state index is 9.67. The smallest absolute Gasteiger partial charge is 0.0948 e. The van der Waals surface area contributed by atoms with Gasteiger partial charge in [-0.05, 0) is 25.0 Å². The Morgan fingerprint density at radius 1 is 1.38 bits per heavy atom. The predicted octanol–water partition coefficient (Wildman–Crippen LogP) is 1.41. The van der Waals surface area contributed by atoms with Gasteiger partial charge in [-0.25, -0.2) is 0 Å². The van der Waals surface area contributed by atoms with E-state index in [4.69, 9.17) is 4.74 Å². The van der Waals surface area contributed by atoms with Crippen molar-refractivity contribution in [2.45, 2.75) is 32.0 Å². The van der Waals surface area contributed by atoms with Gasteiger partial charge in [0.05, 0.1) is 25.4 Å². The zero-order valence-corrected chi connectivity index (χ0v) is 9.81. The number of benzene rings is 1. The molecule has 3 atom stereocenters. The van der Waals surface area contributed by atoms with E-state index in [0.29, 0.717) is 13.2 Å². The molecule has 0 spiro atoms. The Hall–Kier alpha value is -0.900. The molecule has 0 bridgehead atoms. The highest BCUT2D eigenvalue weighted by Crippen LogP contribution is 2.19. The number of hydrogen-bond donors (Lipinski definition) is 2. The van der Waals surface area contributed by atoms with Crippen LogP contribution in [0.3, 0.4) is 0 Å². The Bertz CT molecular complexity index is 354. The van der Waals surface area contributed by atoms with Gasteiger partial charge in [0.15, 0.2) is 0 Å². The van der Waals surface area contributed by atoms with Crippen LogP contribution in [0.4, 0.5) is 0 Å². The SMILES string of the molecule is Cc1ccccc1[C@@H](C)NC1COCC1O. The summed E-state index contributed by atoms with van der Waals surface area (Å²) in [5.74, 6) is 0. The number of rotatable bonds is 3. The first-order valence-electron chi connectivity index (χ1n) is 5.76. The summed E-state index contributed by atoms with van der Waals surface area (Å²) in [6, 6.07) is 8.60. The van der Waals surface area contributed by atoms with Gasteiger partial charge in [-0.1, -0.05) is 24.3 Å². The van der Waals surface area contributed by atoms with Crippen LogP contribution >= 0.6 is 0 Å². The monoisotopic (exact) mass is 221 g/mol. The molecule has 1 aromatic rings. The van der Waals surface area contributed by atoms with E-state index >= 15 is 0 Å². The minimum Gasteiger partial charge on any atom is -0.389 e. The molecule has 2 rings (SSSR count). The van der Waals surface area contributed by atoms with Gasteiger partial charge < -0.3 is 15.2 Å². The highest BCUT2D eigenvalue weighted by Gasteiger charge is 2.27. The Balaban J connectivity index is 2.03. The molecule has 88 valence electrons. The zero-order valence-electron chi connectivity index (χ0n) is 9.81. The summed E-state index contributed by atoms with van der Waals surface area (Å²) >= 11 is 0. The third kappa shape index (κ3) is 2.43. The number of nitrogens with one attached hydrogen (secondary N) is 1. The van der Waals surface area contributed by atoms with Gasteiger partial charge in [-0.2, -0.15) is 0 Å². The van der Waals surface area contributed by atoms with Crippen molar-refractivity contribution in [1.82, 2.24) is 5.32 Å². The molecule has 1 heterocycles. The fourth-order valence-corrected chi connectivity index (χ4v) is 2.19. The lowest BCUT2D eigenvalue weighted by Gasteiger charge is -2.22. The molecule has 0 aromatic heterocycles. The summed E-state index contributed by atoms with van der Waals surface area (Å²) in [6.45, 7) is 5.26. The lowest BCUT2D eigenvalue weighted by Crippen LogP contribution is -2.40. The van der Waals surface area contributed by atoms with Crippen molar-refractivity contribution in [3.8, 4) is 0 Å². The summed E-state index contributed by atoms with van der Waals surface area (Å²) in [4.78, 5) is 0. The van der Waals surface area contributed by atoms with Crippen LogP contribution in [0.15, 0.2) is 24.3 Å². The van der Waals surface area contributed by atoms with Crippen molar-refractivity contribution in [3.63, 3.8) is 0 Å². The number of hydrogen-bond acceptors (Lipinski definition) is 3. The van der Waals surface area contributed by atoms with Crippen LogP contribution in [0.25, 0.3) is 0 Å². The molecule has 3 nitrogen and oxygen atoms in total. The van der Waals surface area contributed by atoms with Crippen LogP contribution in [-0.2, 0) is 4.74 Å². The van der Waals surface area contributed by atoms with Gasteiger partial charge >= 0.3 is 0 Å². The standard InChI is InChI=1S/C13H19NO2/c1-9-5-3-4-6-11(9)10(2)14-12-7-16-8-13(12)15/h3-6,10,12-15H,7-8H2,1-2H3/t10-,12?,13?/m1/s1. The van der Waals surface area contributed by atoms with Crippen molar-refractivity contribution in [3.05, 3.63) is 35.4 Å². The molecule has 0 amide bonds. The Labute approximate surface area is 96.4 Å². The van der Waals surface area contributed by atoms with Crippen LogP contribution in [0.5, 0.6) is 0 Å². The van der Waals surface area contributed by atoms with Crippen LogP contribution in [0, 0.1) is 6.92 Å². The second kappa shape index (κ2) is 4.95. The molecular weight excluding hydrogens is 202 g/mol. The molecule has 2 N–H and O–H groups in total. The fourth-order valence-electron chi connectivity index (χ4n) is 2.19. The lowest BCUT2D eigenvalue weighted by atomic mass is 10.0. The van der Waals surface area contributed by atoms with Crippen LogP contribution in [-0.4, -0.2) is 30.5 Å². The predicted molar refractivity (Wildman–Crippen MR) is 63.3 cm³/mol. The maximum Gasteiger partial charge on any atom is 0.0948 e. The van der Waals surface area contributed by atoms with E-state index in [-0.39, 0.29) is 18.2 Å². The molecule has 1 aliphatic rings. The molecule has 0 aliphatic carbocycles. The third-order valence-electron chi connectivity index (χ3n) is 3.17. The Morgan fingerprint density at radius 3 is 2.75 bits per heavy atom. The summed E-state index contributed by atoms with van der Waals surface area (Å²) in [5, 5.41) is 13.1. The van der Waals surface area contributed by atoms with Crippen molar-refractivity contribution in [2.24, 2.45) is 0 Å². The molecule has 1 fully saturated rings. The van der Waals surface area contributed by atoms with Gasteiger partial charge in [0.25, 0.3) is 0 Å². The highest BCUT2D eigenvalue weighted by molar-refractivity contribution is 5.28. The topological polar surface area (TPSA) is 41.5 Å². The Kier molecular flexibility index (Phi) is 3.59. The second-order valence-electron chi connectivity index (χ2n) is 4.46. The van der Waals surface area contributed by atoms with E-state index in [1.54, 1.807) is 0 Å². The lowest BCUT2D eigenvalue weighted by molar-refractivity contribution is 0.121. The number of aryl methyl sites for hydroxylation is 1. The minimum atomic E-state index is -0.383. The summed E-state index contributed by atoms with van der Waals surface area (Å²) in [7, 11) is 0. The first-order chi connectivity index (χ1) is 7.68. The van der Waals surface area contributed by atoms with E-state index in [1.807, 2.05) is 12.1 Å². The van der Waals surface area contributed by atoms with Crippen LogP contribution in [0.1, 0.15) is 24.1 Å². The van der Waals surface area contributed by atoms with Gasteiger partial charge in [0.1, 0.15) is 0 Å². The molecule has 1 aliphatic heterocycles. The van der Waals surface area contributed by atoms with Gasteiger partial charge in [-0.15, -0.1) is 0 Å². The first kappa shape index (κ1) is 11.6. The molecule has 1 aromatic carbocycles. The second-order valence-corrected chi connectivity index (χ2v) is 4.46. The largest absolute Gasteiger partial charge is 0.389 e. The zero-order chi connectivity index (χ0) is 11.5. The van der Waals surface area contributed by atoms with E-state index in [0.717, 1.165) is 0 Å². The molecule has 1 saturated heterocycles. The maximum atomic E-state index is 9.67. The van der Waals surface area contributed by atoms with Crippen LogP contribution < -0.4 is 5.32 Å². The van der Waals surface area contributed by atoms with Crippen molar-refractivity contribution in [2.75, 3.05) is 13.2 Å². The van der Waals surface area contributed by atoms with Crippen molar-refractivity contribution >= 4 is 0 Å². The molecule has 3 heteroatoms. The molecule has 0 saturated carbocycles. The average Bonchev–Trinajstić information content (AvgIpc) is 2.65. The average molecular weight is 221 g/mol. The third-order valence-corrected chi connectivity index (χ3v) is 3.17. The fraction of sp³-hybridized carbons (Fsp3) is 0.538. The van der Waals surface area contributed by atoms with Gasteiger partial charge in [-0.3, -0.25) is 0 Å². The quantitative estimate of drug-likeness (QED) is 0.810. The molecule has 2 unspecified atom stereocenters. The van der Waals surface area contributed by atoms with Crippen molar-refractivity contribution < 1.29 is 9.84 Å². The Morgan fingerprint density at radius 2 is 2.12 bits per heavy atom. The highest BCUT2D eigenvalue weighted by atomic mass is 16.5. The summed E-state index contributed by atoms with van der Waals surface area (Å²) in [6.07, 6.45) is -0.383. The van der Waals surface area contributed by atoms with E-state index < -0.39 is 0 Å². The normalized spacial score (nSPS) is 26.9. The molecular formula is C13H19NO2.